The van der Waals surface area contributed by atoms with Crippen LogP contribution in [0.3, 0.4) is 0 Å². The Labute approximate surface area is 153 Å². The van der Waals surface area contributed by atoms with E-state index >= 15 is 0 Å². The van der Waals surface area contributed by atoms with Crippen LogP contribution in [0.4, 0.5) is 17.6 Å². The van der Waals surface area contributed by atoms with Gasteiger partial charge in [0.1, 0.15) is 11.6 Å². The van der Waals surface area contributed by atoms with Gasteiger partial charge in [-0.15, -0.1) is 0 Å². The predicted molar refractivity (Wildman–Crippen MR) is 105 cm³/mol. The largest absolute Gasteiger partial charge is 0.367 e. The molecular formula is C19H23N7. The Morgan fingerprint density at radius 2 is 1.77 bits per heavy atom. The zero-order chi connectivity index (χ0) is 17.9. The smallest absolute Gasteiger partial charge is 0.226 e. The zero-order valence-electron chi connectivity index (χ0n) is 15.1. The average molecular weight is 349 g/mol. The van der Waals surface area contributed by atoms with E-state index in [1.807, 2.05) is 55.5 Å². The first kappa shape index (κ1) is 16.5. The molecule has 0 atom stereocenters. The molecule has 1 N–H and O–H groups in total. The van der Waals surface area contributed by atoms with Crippen LogP contribution >= 0.6 is 0 Å². The van der Waals surface area contributed by atoms with Gasteiger partial charge in [0, 0.05) is 39.4 Å². The molecule has 0 radical (unpaired) electrons. The molecule has 0 saturated carbocycles. The van der Waals surface area contributed by atoms with E-state index < -0.39 is 0 Å². The number of nitrogens with zero attached hydrogens (tertiary/aromatic N) is 6. The molecule has 134 valence electrons. The van der Waals surface area contributed by atoms with Crippen molar-refractivity contribution >= 4 is 28.6 Å². The lowest BCUT2D eigenvalue weighted by atomic mass is 10.1. The summed E-state index contributed by atoms with van der Waals surface area (Å²) in [5, 5.41) is 3.54. The van der Waals surface area contributed by atoms with Gasteiger partial charge < -0.3 is 15.1 Å². The third-order valence-corrected chi connectivity index (χ3v) is 4.65. The molecule has 1 fully saturated rings. The highest BCUT2D eigenvalue weighted by atomic mass is 15.2. The molecule has 1 aromatic carbocycles. The third kappa shape index (κ3) is 3.51. The Balaban J connectivity index is 1.39. The number of rotatable bonds is 4. The van der Waals surface area contributed by atoms with E-state index in [1.54, 1.807) is 6.20 Å². The van der Waals surface area contributed by atoms with Crippen LogP contribution in [0.25, 0.3) is 11.0 Å². The van der Waals surface area contributed by atoms with Crippen LogP contribution in [0.1, 0.15) is 12.8 Å². The number of nitrogens with one attached hydrogen (secondary N) is 1. The zero-order valence-corrected chi connectivity index (χ0v) is 15.1. The van der Waals surface area contributed by atoms with Gasteiger partial charge in [-0.05, 0) is 31.0 Å². The predicted octanol–water partition coefficient (Wildman–Crippen LogP) is 2.57. The molecule has 1 aliphatic rings. The van der Waals surface area contributed by atoms with E-state index in [9.17, 15) is 0 Å². The second-order valence-electron chi connectivity index (χ2n) is 6.76. The van der Waals surface area contributed by atoms with Gasteiger partial charge in [-0.1, -0.05) is 12.1 Å². The molecule has 0 spiro atoms. The number of fused-ring (bicyclic) bond motifs is 1. The molecule has 7 nitrogen and oxygen atoms in total. The maximum atomic E-state index is 4.76. The lowest BCUT2D eigenvalue weighted by molar-refractivity contribution is 0.522. The first-order valence-electron chi connectivity index (χ1n) is 8.93. The maximum absolute atomic E-state index is 4.76. The van der Waals surface area contributed by atoms with Gasteiger partial charge >= 0.3 is 0 Å². The summed E-state index contributed by atoms with van der Waals surface area (Å²) >= 11 is 0. The van der Waals surface area contributed by atoms with Crippen molar-refractivity contribution < 1.29 is 0 Å². The molecule has 4 rings (SSSR count). The third-order valence-electron chi connectivity index (χ3n) is 4.65. The van der Waals surface area contributed by atoms with Crippen molar-refractivity contribution in [2.45, 2.75) is 18.9 Å². The van der Waals surface area contributed by atoms with Crippen molar-refractivity contribution in [3.05, 3.63) is 42.7 Å². The Morgan fingerprint density at radius 3 is 2.54 bits per heavy atom. The summed E-state index contributed by atoms with van der Waals surface area (Å²) in [7, 11) is 3.89. The normalized spacial score (nSPS) is 15.2. The fourth-order valence-corrected chi connectivity index (χ4v) is 3.21. The second kappa shape index (κ2) is 7.11. The first-order valence-corrected chi connectivity index (χ1v) is 8.93. The number of piperidine rings is 1. The van der Waals surface area contributed by atoms with Gasteiger partial charge in [0.05, 0.1) is 17.2 Å². The SMILES string of the molecule is CN(C)c1nccc(NC2CCN(c3cnc4ccccc4n3)CC2)n1. The van der Waals surface area contributed by atoms with Crippen LogP contribution in [0.5, 0.6) is 0 Å². The topological polar surface area (TPSA) is 70.1 Å². The Bertz CT molecular complexity index is 888. The van der Waals surface area contributed by atoms with E-state index in [2.05, 4.69) is 25.2 Å². The van der Waals surface area contributed by atoms with Crippen LogP contribution in [0, 0.1) is 0 Å². The summed E-state index contributed by atoms with van der Waals surface area (Å²) in [6.07, 6.45) is 5.75. The molecule has 1 saturated heterocycles. The quantitative estimate of drug-likeness (QED) is 0.776. The highest BCUT2D eigenvalue weighted by molar-refractivity contribution is 5.75. The van der Waals surface area contributed by atoms with E-state index in [4.69, 9.17) is 4.98 Å². The van der Waals surface area contributed by atoms with Gasteiger partial charge in [-0.3, -0.25) is 4.98 Å². The van der Waals surface area contributed by atoms with Gasteiger partial charge in [0.25, 0.3) is 0 Å². The Hall–Kier alpha value is -2.96. The summed E-state index contributed by atoms with van der Waals surface area (Å²) in [4.78, 5) is 22.3. The van der Waals surface area contributed by atoms with Crippen LogP contribution < -0.4 is 15.1 Å². The van der Waals surface area contributed by atoms with Crippen molar-refractivity contribution in [2.75, 3.05) is 42.3 Å². The van der Waals surface area contributed by atoms with Crippen molar-refractivity contribution in [3.8, 4) is 0 Å². The molecule has 3 heterocycles. The van der Waals surface area contributed by atoms with Gasteiger partial charge in [0.15, 0.2) is 0 Å². The standard InChI is InChI=1S/C19H23N7/c1-25(2)19-20-10-7-17(24-19)22-14-8-11-26(12-9-14)18-13-21-15-5-3-4-6-16(15)23-18/h3-7,10,13-14H,8-9,11-12H2,1-2H3,(H,20,22,24). The van der Waals surface area contributed by atoms with E-state index in [0.29, 0.717) is 6.04 Å². The molecule has 3 aromatic rings. The minimum atomic E-state index is 0.407. The number of anilines is 3. The summed E-state index contributed by atoms with van der Waals surface area (Å²) in [5.41, 5.74) is 1.88. The van der Waals surface area contributed by atoms with Crippen LogP contribution in [0.2, 0.25) is 0 Å². The second-order valence-corrected chi connectivity index (χ2v) is 6.76. The summed E-state index contributed by atoms with van der Waals surface area (Å²) in [6, 6.07) is 10.3. The van der Waals surface area contributed by atoms with E-state index in [-0.39, 0.29) is 0 Å². The number of hydrogen-bond donors (Lipinski definition) is 1. The summed E-state index contributed by atoms with van der Waals surface area (Å²) in [6.45, 7) is 1.91. The van der Waals surface area contributed by atoms with Gasteiger partial charge in [-0.2, -0.15) is 4.98 Å². The average Bonchev–Trinajstić information content (AvgIpc) is 2.68. The maximum Gasteiger partial charge on any atom is 0.226 e. The monoisotopic (exact) mass is 349 g/mol. The minimum absolute atomic E-state index is 0.407. The fourth-order valence-electron chi connectivity index (χ4n) is 3.21. The van der Waals surface area contributed by atoms with E-state index in [1.165, 1.54) is 0 Å². The Morgan fingerprint density at radius 1 is 1.00 bits per heavy atom. The van der Waals surface area contributed by atoms with E-state index in [0.717, 1.165) is 54.5 Å². The first-order chi connectivity index (χ1) is 12.7. The van der Waals surface area contributed by atoms with Gasteiger partial charge in [0.2, 0.25) is 5.95 Å². The van der Waals surface area contributed by atoms with Crippen molar-refractivity contribution in [2.24, 2.45) is 0 Å². The Kier molecular flexibility index (Phi) is 4.51. The highest BCUT2D eigenvalue weighted by Crippen LogP contribution is 2.21. The molecule has 7 heteroatoms. The van der Waals surface area contributed by atoms with Crippen molar-refractivity contribution in [3.63, 3.8) is 0 Å². The molecule has 26 heavy (non-hydrogen) atoms. The fraction of sp³-hybridized carbons (Fsp3) is 0.368. The van der Waals surface area contributed by atoms with Crippen LogP contribution in [-0.4, -0.2) is 53.2 Å². The minimum Gasteiger partial charge on any atom is -0.367 e. The number of benzene rings is 1. The molecule has 2 aromatic heterocycles. The summed E-state index contributed by atoms with van der Waals surface area (Å²) < 4.78 is 0. The van der Waals surface area contributed by atoms with Gasteiger partial charge in [-0.25, -0.2) is 9.97 Å². The van der Waals surface area contributed by atoms with Crippen LogP contribution in [0.15, 0.2) is 42.7 Å². The number of aromatic nitrogens is 4. The molecule has 0 unspecified atom stereocenters. The molecule has 0 amide bonds. The number of hydrogen-bond acceptors (Lipinski definition) is 7. The number of para-hydroxylation sites is 2. The summed E-state index contributed by atoms with van der Waals surface area (Å²) in [5.74, 6) is 2.56. The molecule has 0 bridgehead atoms. The van der Waals surface area contributed by atoms with Crippen molar-refractivity contribution in [1.82, 2.24) is 19.9 Å². The van der Waals surface area contributed by atoms with Crippen LogP contribution in [-0.2, 0) is 0 Å². The van der Waals surface area contributed by atoms with Crippen molar-refractivity contribution in [1.29, 1.82) is 0 Å². The molecular weight excluding hydrogens is 326 g/mol. The lowest BCUT2D eigenvalue weighted by Crippen LogP contribution is -2.39. The molecule has 0 aliphatic carbocycles. The highest BCUT2D eigenvalue weighted by Gasteiger charge is 2.21. The molecule has 1 aliphatic heterocycles. The lowest BCUT2D eigenvalue weighted by Gasteiger charge is -2.33.